The predicted octanol–water partition coefficient (Wildman–Crippen LogP) is 2.97. The van der Waals surface area contributed by atoms with Gasteiger partial charge in [0, 0.05) is 0 Å². The molecule has 108 valence electrons. The highest BCUT2D eigenvalue weighted by Crippen LogP contribution is 2.30. The smallest absolute Gasteiger partial charge is 0.265 e. The molecule has 4 nitrogen and oxygen atoms in total. The maximum atomic E-state index is 11.6. The number of nitrogens with one attached hydrogen (secondary N) is 1. The zero-order valence-corrected chi connectivity index (χ0v) is 12.1. The first-order valence-corrected chi connectivity index (χ1v) is 6.86. The predicted molar refractivity (Wildman–Crippen MR) is 79.7 cm³/mol. The van der Waals surface area contributed by atoms with Crippen LogP contribution in [0.15, 0.2) is 24.3 Å². The van der Waals surface area contributed by atoms with Crippen LogP contribution in [-0.4, -0.2) is 22.7 Å². The molecule has 0 bridgehead atoms. The van der Waals surface area contributed by atoms with Gasteiger partial charge in [-0.05, 0) is 51.3 Å². The van der Waals surface area contributed by atoms with Crippen LogP contribution in [0.3, 0.4) is 0 Å². The quantitative estimate of drug-likeness (QED) is 0.888. The number of benzene rings is 1. The van der Waals surface area contributed by atoms with Gasteiger partial charge >= 0.3 is 0 Å². The van der Waals surface area contributed by atoms with E-state index in [1.165, 1.54) is 0 Å². The minimum atomic E-state index is -0.641. The van der Waals surface area contributed by atoms with Crippen LogP contribution >= 0.6 is 0 Å². The lowest BCUT2D eigenvalue weighted by atomic mass is 10.0. The molecule has 1 heterocycles. The van der Waals surface area contributed by atoms with Crippen molar-refractivity contribution < 1.29 is 14.6 Å². The molecule has 1 unspecified atom stereocenters. The number of hydrogen-bond acceptors (Lipinski definition) is 3. The summed E-state index contributed by atoms with van der Waals surface area (Å²) in [4.78, 5) is 11.6. The summed E-state index contributed by atoms with van der Waals surface area (Å²) in [6.45, 7) is 5.32. The summed E-state index contributed by atoms with van der Waals surface area (Å²) in [5.41, 5.74) is 1.06. The summed E-state index contributed by atoms with van der Waals surface area (Å²) in [7, 11) is 0. The van der Waals surface area contributed by atoms with Crippen molar-refractivity contribution in [2.24, 2.45) is 0 Å². The maximum Gasteiger partial charge on any atom is 0.265 e. The van der Waals surface area contributed by atoms with Gasteiger partial charge < -0.3 is 15.2 Å². The largest absolute Gasteiger partial charge is 0.479 e. The SMILES string of the molecule is CC1Oc2ccc(/C=C/CCC(C)(C)O)cc2NC1=O. The molecule has 0 spiro atoms. The average molecular weight is 275 g/mol. The van der Waals surface area contributed by atoms with Crippen molar-refractivity contribution in [3.63, 3.8) is 0 Å². The Bertz CT molecular complexity index is 529. The number of amides is 1. The van der Waals surface area contributed by atoms with E-state index >= 15 is 0 Å². The number of fused-ring (bicyclic) bond motifs is 1. The van der Waals surface area contributed by atoms with Gasteiger partial charge in [0.2, 0.25) is 0 Å². The van der Waals surface area contributed by atoms with Gasteiger partial charge in [-0.1, -0.05) is 18.2 Å². The van der Waals surface area contributed by atoms with Gasteiger partial charge in [0.15, 0.2) is 6.10 Å². The van der Waals surface area contributed by atoms with E-state index in [4.69, 9.17) is 4.74 Å². The Morgan fingerprint density at radius 3 is 2.90 bits per heavy atom. The standard InChI is InChI=1S/C16H21NO3/c1-11-15(18)17-13-10-12(7-8-14(13)20-11)6-4-5-9-16(2,3)19/h4,6-8,10-11,19H,5,9H2,1-3H3,(H,17,18)/b6-4+. The first-order valence-electron chi connectivity index (χ1n) is 6.86. The Balaban J connectivity index is 2.03. The third kappa shape index (κ3) is 3.84. The number of anilines is 1. The lowest BCUT2D eigenvalue weighted by Crippen LogP contribution is -2.34. The van der Waals surface area contributed by atoms with Crippen molar-refractivity contribution in [1.82, 2.24) is 0 Å². The van der Waals surface area contributed by atoms with Gasteiger partial charge in [0.25, 0.3) is 5.91 Å². The molecule has 20 heavy (non-hydrogen) atoms. The van der Waals surface area contributed by atoms with Crippen molar-refractivity contribution in [2.75, 3.05) is 5.32 Å². The minimum absolute atomic E-state index is 0.124. The Morgan fingerprint density at radius 2 is 2.20 bits per heavy atom. The first-order chi connectivity index (χ1) is 9.35. The highest BCUT2D eigenvalue weighted by Gasteiger charge is 2.23. The second-order valence-electron chi connectivity index (χ2n) is 5.76. The van der Waals surface area contributed by atoms with Gasteiger partial charge in [-0.15, -0.1) is 0 Å². The minimum Gasteiger partial charge on any atom is -0.479 e. The molecule has 1 aliphatic rings. The van der Waals surface area contributed by atoms with Gasteiger partial charge in [-0.2, -0.15) is 0 Å². The maximum absolute atomic E-state index is 11.6. The van der Waals surface area contributed by atoms with Crippen molar-refractivity contribution in [3.05, 3.63) is 29.8 Å². The summed E-state index contributed by atoms with van der Waals surface area (Å²) >= 11 is 0. The van der Waals surface area contributed by atoms with Crippen LogP contribution in [0.2, 0.25) is 0 Å². The topological polar surface area (TPSA) is 58.6 Å². The van der Waals surface area contributed by atoms with Crippen LogP contribution in [0.1, 0.15) is 39.2 Å². The van der Waals surface area contributed by atoms with Crippen molar-refractivity contribution >= 4 is 17.7 Å². The molecule has 1 aromatic carbocycles. The molecule has 0 saturated carbocycles. The van der Waals surface area contributed by atoms with Crippen LogP contribution in [0.5, 0.6) is 5.75 Å². The molecular formula is C16H21NO3. The number of allylic oxidation sites excluding steroid dienone is 1. The van der Waals surface area contributed by atoms with E-state index in [1.54, 1.807) is 20.8 Å². The fourth-order valence-corrected chi connectivity index (χ4v) is 1.99. The van der Waals surface area contributed by atoms with Gasteiger partial charge in [-0.25, -0.2) is 0 Å². The molecular weight excluding hydrogens is 254 g/mol. The fraction of sp³-hybridized carbons (Fsp3) is 0.438. The monoisotopic (exact) mass is 275 g/mol. The van der Waals surface area contributed by atoms with E-state index in [1.807, 2.05) is 30.4 Å². The van der Waals surface area contributed by atoms with E-state index in [9.17, 15) is 9.90 Å². The van der Waals surface area contributed by atoms with Crippen LogP contribution in [-0.2, 0) is 4.79 Å². The molecule has 1 atom stereocenters. The zero-order chi connectivity index (χ0) is 14.8. The van der Waals surface area contributed by atoms with Gasteiger partial charge in [0.1, 0.15) is 5.75 Å². The summed E-state index contributed by atoms with van der Waals surface area (Å²) in [5, 5.41) is 12.5. The molecule has 0 aromatic heterocycles. The highest BCUT2D eigenvalue weighted by atomic mass is 16.5. The Labute approximate surface area is 119 Å². The van der Waals surface area contributed by atoms with E-state index in [0.717, 1.165) is 12.0 Å². The Kier molecular flexibility index (Phi) is 4.14. The second kappa shape index (κ2) is 5.67. The zero-order valence-electron chi connectivity index (χ0n) is 12.1. The fourth-order valence-electron chi connectivity index (χ4n) is 1.99. The van der Waals surface area contributed by atoms with Crippen LogP contribution in [0.25, 0.3) is 6.08 Å². The molecule has 4 heteroatoms. The van der Waals surface area contributed by atoms with Crippen molar-refractivity contribution in [3.8, 4) is 5.75 Å². The van der Waals surface area contributed by atoms with Gasteiger partial charge in [0.05, 0.1) is 11.3 Å². The third-order valence-corrected chi connectivity index (χ3v) is 3.17. The summed E-state index contributed by atoms with van der Waals surface area (Å²) in [6, 6.07) is 5.70. The molecule has 0 radical (unpaired) electrons. The Morgan fingerprint density at radius 1 is 1.45 bits per heavy atom. The second-order valence-corrected chi connectivity index (χ2v) is 5.76. The van der Waals surface area contributed by atoms with Crippen molar-refractivity contribution in [2.45, 2.75) is 45.3 Å². The Hall–Kier alpha value is -1.81. The lowest BCUT2D eigenvalue weighted by Gasteiger charge is -2.23. The lowest BCUT2D eigenvalue weighted by molar-refractivity contribution is -0.122. The third-order valence-electron chi connectivity index (χ3n) is 3.17. The van der Waals surface area contributed by atoms with Crippen LogP contribution in [0, 0.1) is 0 Å². The molecule has 0 aliphatic carbocycles. The number of hydrogen-bond donors (Lipinski definition) is 2. The molecule has 1 aromatic rings. The van der Waals surface area contributed by atoms with Crippen molar-refractivity contribution in [1.29, 1.82) is 0 Å². The normalized spacial score (nSPS) is 18.6. The number of aliphatic hydroxyl groups is 1. The average Bonchev–Trinajstić information content (AvgIpc) is 2.35. The van der Waals surface area contributed by atoms with E-state index in [2.05, 4.69) is 5.32 Å². The number of ether oxygens (including phenoxy) is 1. The van der Waals surface area contributed by atoms with Crippen LogP contribution < -0.4 is 10.1 Å². The van der Waals surface area contributed by atoms with Crippen LogP contribution in [0.4, 0.5) is 5.69 Å². The van der Waals surface area contributed by atoms with E-state index in [-0.39, 0.29) is 5.91 Å². The summed E-state index contributed by atoms with van der Waals surface area (Å²) < 4.78 is 5.50. The van der Waals surface area contributed by atoms with Gasteiger partial charge in [-0.3, -0.25) is 4.79 Å². The van der Waals surface area contributed by atoms with E-state index in [0.29, 0.717) is 17.9 Å². The molecule has 1 amide bonds. The number of carbonyl (C=O) groups is 1. The molecule has 1 aliphatic heterocycles. The first kappa shape index (κ1) is 14.6. The molecule has 2 rings (SSSR count). The summed E-state index contributed by atoms with van der Waals surface area (Å²) in [6.07, 6.45) is 5.08. The molecule has 0 fully saturated rings. The summed E-state index contributed by atoms with van der Waals surface area (Å²) in [5.74, 6) is 0.575. The highest BCUT2D eigenvalue weighted by molar-refractivity contribution is 5.97. The number of carbonyl (C=O) groups excluding carboxylic acids is 1. The molecule has 0 saturated heterocycles. The number of rotatable bonds is 4. The van der Waals surface area contributed by atoms with E-state index < -0.39 is 11.7 Å². The molecule has 2 N–H and O–H groups in total.